The number of benzene rings is 6. The Kier molecular flexibility index (Phi) is 17.4. The molecule has 0 saturated heterocycles. The minimum atomic E-state index is -6.13. The zero-order chi connectivity index (χ0) is 61.4. The topological polar surface area (TPSA) is 82.6 Å². The van der Waals surface area contributed by atoms with Crippen molar-refractivity contribution in [2.45, 2.75) is 62.4 Å². The van der Waals surface area contributed by atoms with Gasteiger partial charge in [-0.1, -0.05) is 102 Å². The minimum absolute atomic E-state index is 0.0492. The van der Waals surface area contributed by atoms with Crippen LogP contribution in [0, 0.1) is 0 Å². The number of rotatable bonds is 10. The number of hydrogen-bond donors (Lipinski definition) is 0. The number of hydrogen-bond acceptors (Lipinski definition) is 3. The molecule has 434 valence electrons. The highest BCUT2D eigenvalue weighted by Gasteiger charge is 2.47. The SMILES string of the molecule is FC(F)(F)c1cc([B-](c2cc(C(F)(F)F)cc(C(F)(F)F)c2)(c2cc(C(F)(F)F)cc(C(F)(F)F)c2)c2cc(C(F)(F)F)cc(C(F)(F)F)c2)cc(C(F)(F)F)c1.[N-]=[N+]=Nc1cccc(Cc2c[n+](CC(=O)c3ccccc3)ccn2)c1. The van der Waals surface area contributed by atoms with Crippen molar-refractivity contribution in [1.82, 2.24) is 4.98 Å². The fourth-order valence-electron chi connectivity index (χ4n) is 8.61. The molecule has 0 bridgehead atoms. The molecule has 6 nitrogen and oxygen atoms in total. The molecule has 7 aromatic rings. The Hall–Kier alpha value is -8.24. The van der Waals surface area contributed by atoms with Crippen LogP contribution in [0.3, 0.4) is 0 Å². The standard InChI is InChI=1S/C32H12BF24.C19H16N5O/c34-25(35,36)13-1-14(26(37,38)39)6-21(5-13)33(22-7-15(27(40,41)42)2-16(8-22)28(43,44)45,23-9-17(29(46,47)48)3-18(10-23)30(49,50)51)24-11-19(31(52,53)54)4-20(12-24)32(55,56)57;20-23-22-17-8-4-5-15(11-17)12-18-13-24(10-9-21-18)14-19(25)16-6-2-1-3-7-16/h1-12H;1-11,13H,12,14H2/q-1;+1. The molecule has 0 fully saturated rings. The molecule has 0 saturated carbocycles. The van der Waals surface area contributed by atoms with Crippen LogP contribution in [0.4, 0.5) is 111 Å². The summed E-state index contributed by atoms with van der Waals surface area (Å²) < 4.78 is 343. The highest BCUT2D eigenvalue weighted by molar-refractivity contribution is 7.20. The lowest BCUT2D eigenvalue weighted by molar-refractivity contribution is -0.684. The molecule has 0 unspecified atom stereocenters. The largest absolute Gasteiger partial charge is 0.416 e. The molecule has 0 aliphatic heterocycles. The van der Waals surface area contributed by atoms with Crippen molar-refractivity contribution in [3.05, 3.63) is 218 Å². The summed E-state index contributed by atoms with van der Waals surface area (Å²) in [7, 11) is 0. The second kappa shape index (κ2) is 22.6. The Labute approximate surface area is 443 Å². The van der Waals surface area contributed by atoms with Gasteiger partial charge in [-0.05, 0) is 41.4 Å². The van der Waals surface area contributed by atoms with Crippen molar-refractivity contribution >= 4 is 39.5 Å². The van der Waals surface area contributed by atoms with E-state index in [0.29, 0.717) is 17.7 Å². The maximum Gasteiger partial charge on any atom is 0.416 e. The van der Waals surface area contributed by atoms with Crippen molar-refractivity contribution < 1.29 is 115 Å². The lowest BCUT2D eigenvalue weighted by atomic mass is 9.12. The zero-order valence-electron chi connectivity index (χ0n) is 40.1. The first-order valence-electron chi connectivity index (χ1n) is 22.4. The maximum absolute atomic E-state index is 14.2. The molecule has 0 aliphatic rings. The number of carbonyl (C=O) groups is 1. The Bertz CT molecular complexity index is 3080. The van der Waals surface area contributed by atoms with E-state index in [1.807, 2.05) is 59.3 Å². The van der Waals surface area contributed by atoms with Gasteiger partial charge in [0, 0.05) is 22.6 Å². The van der Waals surface area contributed by atoms with Crippen LogP contribution < -0.4 is 26.4 Å². The van der Waals surface area contributed by atoms with Gasteiger partial charge >= 0.3 is 49.4 Å². The van der Waals surface area contributed by atoms with Gasteiger partial charge in [-0.15, -0.1) is 0 Å². The number of halogens is 24. The van der Waals surface area contributed by atoms with Crippen molar-refractivity contribution in [3.8, 4) is 0 Å². The Morgan fingerprint density at radius 3 is 1.09 bits per heavy atom. The van der Waals surface area contributed by atoms with E-state index >= 15 is 0 Å². The van der Waals surface area contributed by atoms with Crippen molar-refractivity contribution in [3.63, 3.8) is 0 Å². The minimum Gasteiger partial charge on any atom is -0.287 e. The van der Waals surface area contributed by atoms with Gasteiger partial charge in [0.2, 0.25) is 12.3 Å². The molecule has 0 aliphatic carbocycles. The van der Waals surface area contributed by atoms with Crippen molar-refractivity contribution in [1.29, 1.82) is 0 Å². The first kappa shape index (κ1) is 63.0. The molecular weight excluding hydrogens is 1170 g/mol. The summed E-state index contributed by atoms with van der Waals surface area (Å²) in [6.07, 6.45) is -48.9. The summed E-state index contributed by atoms with van der Waals surface area (Å²) in [6, 6.07) is 7.78. The van der Waals surface area contributed by atoms with Crippen LogP contribution in [-0.4, -0.2) is 16.9 Å². The van der Waals surface area contributed by atoms with E-state index in [-0.39, 0.29) is 12.3 Å². The third-order valence-corrected chi connectivity index (χ3v) is 12.1. The monoisotopic (exact) mass is 1190 g/mol. The van der Waals surface area contributed by atoms with Crippen LogP contribution in [0.2, 0.25) is 0 Å². The Morgan fingerprint density at radius 1 is 0.451 bits per heavy atom. The van der Waals surface area contributed by atoms with E-state index in [1.54, 1.807) is 18.5 Å². The zero-order valence-corrected chi connectivity index (χ0v) is 40.1. The summed E-state index contributed by atoms with van der Waals surface area (Å²) in [5.74, 6) is 0.0492. The smallest absolute Gasteiger partial charge is 0.287 e. The summed E-state index contributed by atoms with van der Waals surface area (Å²) in [5.41, 5.74) is -18.6. The van der Waals surface area contributed by atoms with Gasteiger partial charge in [0.15, 0.2) is 12.4 Å². The normalized spacial score (nSPS) is 13.0. The number of ketones is 1. The molecule has 0 spiro atoms. The van der Waals surface area contributed by atoms with E-state index < -0.39 is 195 Å². The van der Waals surface area contributed by atoms with E-state index in [2.05, 4.69) is 15.0 Å². The van der Waals surface area contributed by atoms with Crippen LogP contribution in [0.1, 0.15) is 66.1 Å². The van der Waals surface area contributed by atoms with Gasteiger partial charge in [0.1, 0.15) is 11.8 Å². The summed E-state index contributed by atoms with van der Waals surface area (Å²) >= 11 is 0. The quantitative estimate of drug-likeness (QED) is 0.0260. The molecule has 0 radical (unpaired) electrons. The number of azide groups is 1. The van der Waals surface area contributed by atoms with Crippen molar-refractivity contribution in [2.75, 3.05) is 0 Å². The average Bonchev–Trinajstić information content (AvgIpc) is 2.92. The second-order valence-corrected chi connectivity index (χ2v) is 17.8. The molecule has 82 heavy (non-hydrogen) atoms. The fraction of sp³-hybridized carbons (Fsp3) is 0.196. The molecule has 1 heterocycles. The lowest BCUT2D eigenvalue weighted by Gasteiger charge is -2.46. The Morgan fingerprint density at radius 2 is 0.780 bits per heavy atom. The molecular formula is C51H28BF24N5O. The first-order chi connectivity index (χ1) is 37.5. The molecule has 7 rings (SSSR count). The average molecular weight is 1190 g/mol. The summed E-state index contributed by atoms with van der Waals surface area (Å²) in [5, 5.41) is 3.61. The van der Waals surface area contributed by atoms with Crippen LogP contribution in [-0.2, 0) is 62.4 Å². The molecule has 0 amide bonds. The number of aromatic nitrogens is 2. The van der Waals surface area contributed by atoms with Crippen molar-refractivity contribution in [2.24, 2.45) is 5.11 Å². The lowest BCUT2D eigenvalue weighted by Crippen LogP contribution is -2.75. The Balaban J connectivity index is 0.000000357. The number of carbonyl (C=O) groups excluding carboxylic acids is 1. The van der Waals surface area contributed by atoms with E-state index in [0.717, 1.165) is 11.3 Å². The van der Waals surface area contributed by atoms with Gasteiger partial charge < -0.3 is 0 Å². The predicted molar refractivity (Wildman–Crippen MR) is 243 cm³/mol. The van der Waals surface area contributed by atoms with Gasteiger partial charge in [0.05, 0.1) is 50.7 Å². The first-order valence-corrected chi connectivity index (χ1v) is 22.4. The molecule has 6 aromatic carbocycles. The predicted octanol–water partition coefficient (Wildman–Crippen LogP) is 15.0. The second-order valence-electron chi connectivity index (χ2n) is 17.8. The fourth-order valence-corrected chi connectivity index (χ4v) is 8.61. The van der Waals surface area contributed by atoms with Crippen LogP contribution in [0.25, 0.3) is 10.4 Å². The molecule has 31 heteroatoms. The highest BCUT2D eigenvalue weighted by atomic mass is 19.4. The molecule has 0 N–H and O–H groups in total. The van der Waals surface area contributed by atoms with E-state index in [1.165, 1.54) is 0 Å². The van der Waals surface area contributed by atoms with E-state index in [9.17, 15) is 110 Å². The molecule has 0 atom stereocenters. The van der Waals surface area contributed by atoms with Crippen LogP contribution in [0.15, 0.2) is 151 Å². The van der Waals surface area contributed by atoms with E-state index in [4.69, 9.17) is 5.53 Å². The van der Waals surface area contributed by atoms with Gasteiger partial charge in [-0.25, -0.2) is 4.98 Å². The maximum atomic E-state index is 14.2. The molecule has 1 aromatic heterocycles. The number of alkyl halides is 24. The summed E-state index contributed by atoms with van der Waals surface area (Å²) in [6.45, 7) is 0.262. The van der Waals surface area contributed by atoms with Gasteiger partial charge in [-0.3, -0.25) is 4.79 Å². The highest BCUT2D eigenvalue weighted by Crippen LogP contribution is 2.41. The third kappa shape index (κ3) is 15.0. The van der Waals surface area contributed by atoms with Gasteiger partial charge in [-0.2, -0.15) is 132 Å². The third-order valence-electron chi connectivity index (χ3n) is 12.1. The van der Waals surface area contributed by atoms with Crippen LogP contribution >= 0.6 is 0 Å². The number of Topliss-reactive ketones (excluding diaryl/α,β-unsaturated/α-hetero) is 1. The van der Waals surface area contributed by atoms with Gasteiger partial charge in [0.25, 0.3) is 0 Å². The summed E-state index contributed by atoms with van der Waals surface area (Å²) in [4.78, 5) is 19.5. The number of nitrogens with zero attached hydrogens (tertiary/aromatic N) is 5. The van der Waals surface area contributed by atoms with Crippen LogP contribution in [0.5, 0.6) is 0 Å².